The molecule has 0 atom stereocenters. The molecule has 0 aliphatic heterocycles. The van der Waals surface area contributed by atoms with Crippen molar-refractivity contribution in [3.63, 3.8) is 0 Å². The molecule has 2 aromatic carbocycles. The van der Waals surface area contributed by atoms with Gasteiger partial charge in [0.05, 0.1) is 7.11 Å². The number of benzene rings is 2. The van der Waals surface area contributed by atoms with E-state index in [9.17, 15) is 15.0 Å². The average molecular weight is 296 g/mol. The minimum absolute atomic E-state index is 0.0993. The molecule has 0 bridgehead atoms. The largest absolute Gasteiger partial charge is 0.508 e. The predicted octanol–water partition coefficient (Wildman–Crippen LogP) is 3.58. The van der Waals surface area contributed by atoms with Crippen LogP contribution in [0.5, 0.6) is 11.5 Å². The highest BCUT2D eigenvalue weighted by Gasteiger charge is 2.01. The SMILES string of the molecule is COc1ccc(/C=C/C(=O)C=C(O)c2ccc(O)cc2)cc1. The fourth-order valence-corrected chi connectivity index (χ4v) is 1.79. The van der Waals surface area contributed by atoms with Crippen LogP contribution in [0.3, 0.4) is 0 Å². The Balaban J connectivity index is 2.05. The highest BCUT2D eigenvalue weighted by molar-refractivity contribution is 6.05. The number of rotatable bonds is 5. The molecule has 112 valence electrons. The number of aliphatic hydroxyl groups excluding tert-OH is 1. The van der Waals surface area contributed by atoms with Crippen LogP contribution in [0.4, 0.5) is 0 Å². The standard InChI is InChI=1S/C18H16O4/c1-22-17-10-3-13(4-11-17)2-7-16(20)12-18(21)14-5-8-15(19)9-6-14/h2-12,19,21H,1H3/b7-2+,18-12?. The maximum atomic E-state index is 11.8. The molecule has 2 N–H and O–H groups in total. The maximum absolute atomic E-state index is 11.8. The quantitative estimate of drug-likeness (QED) is 0.653. The first-order chi connectivity index (χ1) is 10.6. The molecule has 0 aliphatic carbocycles. The van der Waals surface area contributed by atoms with Gasteiger partial charge in [-0.3, -0.25) is 4.79 Å². The lowest BCUT2D eigenvalue weighted by molar-refractivity contribution is -0.110. The molecule has 0 saturated heterocycles. The van der Waals surface area contributed by atoms with Crippen molar-refractivity contribution >= 4 is 17.6 Å². The first-order valence-corrected chi connectivity index (χ1v) is 6.64. The van der Waals surface area contributed by atoms with Crippen LogP contribution in [0.1, 0.15) is 11.1 Å². The lowest BCUT2D eigenvalue weighted by atomic mass is 10.1. The number of phenols is 1. The molecule has 22 heavy (non-hydrogen) atoms. The topological polar surface area (TPSA) is 66.8 Å². The van der Waals surface area contributed by atoms with Gasteiger partial charge in [0.25, 0.3) is 0 Å². The molecule has 0 saturated carbocycles. The number of carbonyl (C=O) groups excluding carboxylic acids is 1. The predicted molar refractivity (Wildman–Crippen MR) is 85.7 cm³/mol. The van der Waals surface area contributed by atoms with Gasteiger partial charge >= 0.3 is 0 Å². The normalized spacial score (nSPS) is 11.6. The number of ketones is 1. The third kappa shape index (κ3) is 4.24. The lowest BCUT2D eigenvalue weighted by Gasteiger charge is -2.00. The van der Waals surface area contributed by atoms with Crippen LogP contribution in [-0.2, 0) is 4.79 Å². The number of ether oxygens (including phenoxy) is 1. The Bertz CT molecular complexity index is 695. The summed E-state index contributed by atoms with van der Waals surface area (Å²) in [5, 5.41) is 19.0. The highest BCUT2D eigenvalue weighted by Crippen LogP contribution is 2.16. The second kappa shape index (κ2) is 7.13. The second-order valence-electron chi connectivity index (χ2n) is 4.59. The molecule has 0 heterocycles. The zero-order valence-electron chi connectivity index (χ0n) is 12.1. The van der Waals surface area contributed by atoms with Crippen molar-refractivity contribution in [2.75, 3.05) is 7.11 Å². The summed E-state index contributed by atoms with van der Waals surface area (Å²) >= 11 is 0. The number of carbonyl (C=O) groups is 1. The summed E-state index contributed by atoms with van der Waals surface area (Å²) in [6.45, 7) is 0. The van der Waals surface area contributed by atoms with Crippen LogP contribution in [0, 0.1) is 0 Å². The molecular weight excluding hydrogens is 280 g/mol. The highest BCUT2D eigenvalue weighted by atomic mass is 16.5. The van der Waals surface area contributed by atoms with E-state index < -0.39 is 0 Å². The van der Waals surface area contributed by atoms with Gasteiger partial charge in [0, 0.05) is 11.6 Å². The molecule has 2 aromatic rings. The van der Waals surface area contributed by atoms with Crippen LogP contribution in [0.2, 0.25) is 0 Å². The van der Waals surface area contributed by atoms with Crippen LogP contribution in [0.25, 0.3) is 11.8 Å². The van der Waals surface area contributed by atoms with Gasteiger partial charge in [-0.2, -0.15) is 0 Å². The number of aliphatic hydroxyl groups is 1. The molecule has 0 radical (unpaired) electrons. The Morgan fingerprint density at radius 1 is 1.05 bits per heavy atom. The minimum Gasteiger partial charge on any atom is -0.508 e. The van der Waals surface area contributed by atoms with E-state index in [4.69, 9.17) is 4.74 Å². The van der Waals surface area contributed by atoms with Crippen molar-refractivity contribution in [3.8, 4) is 11.5 Å². The van der Waals surface area contributed by atoms with E-state index in [2.05, 4.69) is 0 Å². The maximum Gasteiger partial charge on any atom is 0.182 e. The molecule has 4 nitrogen and oxygen atoms in total. The summed E-state index contributed by atoms with van der Waals surface area (Å²) in [7, 11) is 1.59. The molecule has 0 aromatic heterocycles. The Labute approximate surface area is 128 Å². The summed E-state index contributed by atoms with van der Waals surface area (Å²) in [5.41, 5.74) is 1.32. The number of methoxy groups -OCH3 is 1. The Kier molecular flexibility index (Phi) is 4.98. The molecule has 0 unspecified atom stereocenters. The van der Waals surface area contributed by atoms with Gasteiger partial charge in [-0.15, -0.1) is 0 Å². The van der Waals surface area contributed by atoms with Crippen LogP contribution < -0.4 is 4.74 Å². The lowest BCUT2D eigenvalue weighted by Crippen LogP contribution is -1.90. The Hall–Kier alpha value is -3.01. The number of aromatic hydroxyl groups is 1. The molecule has 0 spiro atoms. The van der Waals surface area contributed by atoms with Crippen molar-refractivity contribution in [3.05, 3.63) is 71.8 Å². The Morgan fingerprint density at radius 3 is 2.27 bits per heavy atom. The third-order valence-electron chi connectivity index (χ3n) is 3.00. The summed E-state index contributed by atoms with van der Waals surface area (Å²) in [4.78, 5) is 11.8. The van der Waals surface area contributed by atoms with Gasteiger partial charge in [0.2, 0.25) is 0 Å². The van der Waals surface area contributed by atoms with Crippen molar-refractivity contribution in [2.24, 2.45) is 0 Å². The van der Waals surface area contributed by atoms with E-state index in [0.717, 1.165) is 17.4 Å². The van der Waals surface area contributed by atoms with Crippen LogP contribution in [0.15, 0.2) is 60.7 Å². The van der Waals surface area contributed by atoms with E-state index in [0.29, 0.717) is 5.56 Å². The monoisotopic (exact) mass is 296 g/mol. The second-order valence-corrected chi connectivity index (χ2v) is 4.59. The number of hydrogen-bond donors (Lipinski definition) is 2. The van der Waals surface area contributed by atoms with Gasteiger partial charge in [-0.25, -0.2) is 0 Å². The number of allylic oxidation sites excluding steroid dienone is 2. The van der Waals surface area contributed by atoms with Gasteiger partial charge in [0.1, 0.15) is 17.3 Å². The van der Waals surface area contributed by atoms with Crippen molar-refractivity contribution < 1.29 is 19.7 Å². The zero-order chi connectivity index (χ0) is 15.9. The summed E-state index contributed by atoms with van der Waals surface area (Å²) in [6, 6.07) is 13.2. The van der Waals surface area contributed by atoms with E-state index in [1.54, 1.807) is 25.3 Å². The van der Waals surface area contributed by atoms with Gasteiger partial charge in [-0.05, 0) is 48.0 Å². The average Bonchev–Trinajstić information content (AvgIpc) is 2.54. The molecule has 2 rings (SSSR count). The van der Waals surface area contributed by atoms with E-state index in [1.807, 2.05) is 12.1 Å². The minimum atomic E-state index is -0.332. The van der Waals surface area contributed by atoms with E-state index in [-0.39, 0.29) is 17.3 Å². The van der Waals surface area contributed by atoms with E-state index >= 15 is 0 Å². The van der Waals surface area contributed by atoms with Gasteiger partial charge < -0.3 is 14.9 Å². The van der Waals surface area contributed by atoms with E-state index in [1.165, 1.54) is 30.3 Å². The molecule has 4 heteroatoms. The van der Waals surface area contributed by atoms with Crippen molar-refractivity contribution in [1.29, 1.82) is 0 Å². The van der Waals surface area contributed by atoms with Gasteiger partial charge in [0.15, 0.2) is 5.78 Å². The molecule has 0 aliphatic rings. The first kappa shape index (κ1) is 15.4. The summed E-state index contributed by atoms with van der Waals surface area (Å²) in [6.07, 6.45) is 4.16. The summed E-state index contributed by atoms with van der Waals surface area (Å²) in [5.74, 6) is 0.362. The third-order valence-corrected chi connectivity index (χ3v) is 3.00. The van der Waals surface area contributed by atoms with Gasteiger partial charge in [-0.1, -0.05) is 18.2 Å². The number of hydrogen-bond acceptors (Lipinski definition) is 4. The Morgan fingerprint density at radius 2 is 1.68 bits per heavy atom. The van der Waals surface area contributed by atoms with Crippen LogP contribution in [-0.4, -0.2) is 23.1 Å². The van der Waals surface area contributed by atoms with Crippen molar-refractivity contribution in [2.45, 2.75) is 0 Å². The summed E-state index contributed by atoms with van der Waals surface area (Å²) < 4.78 is 5.05. The smallest absolute Gasteiger partial charge is 0.182 e. The molecule has 0 fully saturated rings. The first-order valence-electron chi connectivity index (χ1n) is 6.64. The molecule has 0 amide bonds. The fourth-order valence-electron chi connectivity index (χ4n) is 1.79. The zero-order valence-corrected chi connectivity index (χ0v) is 12.1. The molecular formula is C18H16O4. The van der Waals surface area contributed by atoms with Crippen molar-refractivity contribution in [1.82, 2.24) is 0 Å². The number of phenolic OH excluding ortho intramolecular Hbond substituents is 1. The fraction of sp³-hybridized carbons (Fsp3) is 0.0556. The van der Waals surface area contributed by atoms with Crippen LogP contribution >= 0.6 is 0 Å².